The van der Waals surface area contributed by atoms with Gasteiger partial charge in [0, 0.05) is 32.2 Å². The Balaban J connectivity index is 2.28. The van der Waals surface area contributed by atoms with Crippen molar-refractivity contribution in [2.24, 2.45) is 5.92 Å². The van der Waals surface area contributed by atoms with Crippen LogP contribution in [0.25, 0.3) is 0 Å². The first-order valence-electron chi connectivity index (χ1n) is 8.65. The number of nitrogens with one attached hydrogen (secondary N) is 2. The number of rotatable bonds is 8. The Morgan fingerprint density at radius 2 is 1.96 bits per heavy atom. The summed E-state index contributed by atoms with van der Waals surface area (Å²) in [5.74, 6) is 0.345. The van der Waals surface area contributed by atoms with Crippen LogP contribution in [0.1, 0.15) is 59.8 Å². The zero-order valence-corrected chi connectivity index (χ0v) is 14.9. The molecule has 0 heterocycles. The van der Waals surface area contributed by atoms with Gasteiger partial charge in [-0.3, -0.25) is 4.79 Å². The van der Waals surface area contributed by atoms with Crippen molar-refractivity contribution >= 4 is 12.0 Å². The number of carbonyl (C=O) groups is 2. The molecule has 1 rings (SSSR count). The van der Waals surface area contributed by atoms with E-state index in [9.17, 15) is 9.59 Å². The van der Waals surface area contributed by atoms with E-state index in [-0.39, 0.29) is 17.9 Å². The maximum absolute atomic E-state index is 12.0. The molecule has 0 aromatic carbocycles. The molecule has 0 unspecified atom stereocenters. The van der Waals surface area contributed by atoms with Gasteiger partial charge in [0.1, 0.15) is 5.60 Å². The van der Waals surface area contributed by atoms with Crippen molar-refractivity contribution < 1.29 is 19.1 Å². The van der Waals surface area contributed by atoms with Crippen LogP contribution < -0.4 is 10.6 Å². The largest absolute Gasteiger partial charge is 0.444 e. The number of carbonyl (C=O) groups excluding carboxylic acids is 2. The van der Waals surface area contributed by atoms with E-state index in [2.05, 4.69) is 10.6 Å². The molecule has 2 atom stereocenters. The molecule has 6 nitrogen and oxygen atoms in total. The second-order valence-electron chi connectivity index (χ2n) is 7.05. The molecule has 0 aromatic heterocycles. The van der Waals surface area contributed by atoms with E-state index in [0.717, 1.165) is 25.7 Å². The lowest BCUT2D eigenvalue weighted by Gasteiger charge is -2.23. The van der Waals surface area contributed by atoms with Crippen LogP contribution in [0.15, 0.2) is 0 Å². The van der Waals surface area contributed by atoms with Crippen LogP contribution >= 0.6 is 0 Å². The molecule has 23 heavy (non-hydrogen) atoms. The van der Waals surface area contributed by atoms with Crippen molar-refractivity contribution in [3.8, 4) is 0 Å². The Bertz CT molecular complexity index is 379. The van der Waals surface area contributed by atoms with Gasteiger partial charge >= 0.3 is 6.09 Å². The average molecular weight is 328 g/mol. The molecule has 2 amide bonds. The van der Waals surface area contributed by atoms with E-state index in [4.69, 9.17) is 9.47 Å². The zero-order chi connectivity index (χ0) is 17.3. The van der Waals surface area contributed by atoms with Crippen molar-refractivity contribution in [2.45, 2.75) is 71.4 Å². The van der Waals surface area contributed by atoms with Crippen molar-refractivity contribution in [3.63, 3.8) is 0 Å². The minimum Gasteiger partial charge on any atom is -0.444 e. The number of hydrogen-bond donors (Lipinski definition) is 2. The van der Waals surface area contributed by atoms with Crippen molar-refractivity contribution in [1.29, 1.82) is 0 Å². The monoisotopic (exact) mass is 328 g/mol. The Hall–Kier alpha value is -1.30. The quantitative estimate of drug-likeness (QED) is 0.672. The minimum atomic E-state index is -0.492. The van der Waals surface area contributed by atoms with Crippen LogP contribution in [0.2, 0.25) is 0 Å². The van der Waals surface area contributed by atoms with E-state index < -0.39 is 11.7 Å². The Kier molecular flexibility index (Phi) is 8.37. The molecule has 1 fully saturated rings. The molecule has 0 aliphatic heterocycles. The van der Waals surface area contributed by atoms with Crippen LogP contribution in [0.4, 0.5) is 4.79 Å². The van der Waals surface area contributed by atoms with E-state index in [1.165, 1.54) is 0 Å². The average Bonchev–Trinajstić information content (AvgIpc) is 2.87. The molecule has 0 spiro atoms. The molecule has 0 saturated heterocycles. The predicted octanol–water partition coefficient (Wildman–Crippen LogP) is 2.61. The minimum absolute atomic E-state index is 0.0684. The lowest BCUT2D eigenvalue weighted by molar-refractivity contribution is -0.122. The molecule has 2 N–H and O–H groups in total. The van der Waals surface area contributed by atoms with Gasteiger partial charge in [0.05, 0.1) is 0 Å². The smallest absolute Gasteiger partial charge is 0.407 e. The highest BCUT2D eigenvalue weighted by atomic mass is 16.6. The highest BCUT2D eigenvalue weighted by Gasteiger charge is 2.29. The fourth-order valence-electron chi connectivity index (χ4n) is 2.76. The SMILES string of the molecule is CCOCCCC(=O)N[C@@H]1CCC[C@H]1CNC(=O)OC(C)(C)C. The molecular formula is C17H32N2O4. The van der Waals surface area contributed by atoms with Gasteiger partial charge < -0.3 is 20.1 Å². The van der Waals surface area contributed by atoms with Gasteiger partial charge in [-0.1, -0.05) is 6.42 Å². The van der Waals surface area contributed by atoms with Gasteiger partial charge in [0.15, 0.2) is 0 Å². The maximum atomic E-state index is 12.0. The van der Waals surface area contributed by atoms with Gasteiger partial charge in [-0.05, 0) is 52.9 Å². The fourth-order valence-corrected chi connectivity index (χ4v) is 2.76. The van der Waals surface area contributed by atoms with E-state index >= 15 is 0 Å². The number of hydrogen-bond acceptors (Lipinski definition) is 4. The molecule has 1 aliphatic rings. The van der Waals surface area contributed by atoms with Gasteiger partial charge in [-0.2, -0.15) is 0 Å². The van der Waals surface area contributed by atoms with E-state index in [0.29, 0.717) is 26.2 Å². The van der Waals surface area contributed by atoms with E-state index in [1.807, 2.05) is 27.7 Å². The van der Waals surface area contributed by atoms with Gasteiger partial charge in [0.25, 0.3) is 0 Å². The second-order valence-corrected chi connectivity index (χ2v) is 7.05. The van der Waals surface area contributed by atoms with Gasteiger partial charge in [0.2, 0.25) is 5.91 Å². The Morgan fingerprint density at radius 3 is 2.61 bits per heavy atom. The lowest BCUT2D eigenvalue weighted by atomic mass is 10.0. The summed E-state index contributed by atoms with van der Waals surface area (Å²) in [6, 6.07) is 0.143. The first-order chi connectivity index (χ1) is 10.8. The van der Waals surface area contributed by atoms with E-state index in [1.54, 1.807) is 0 Å². The van der Waals surface area contributed by atoms with Gasteiger partial charge in [-0.25, -0.2) is 4.79 Å². The van der Waals surface area contributed by atoms with Crippen LogP contribution in [0, 0.1) is 5.92 Å². The molecule has 0 radical (unpaired) electrons. The second kappa shape index (κ2) is 9.75. The van der Waals surface area contributed by atoms with Crippen molar-refractivity contribution in [3.05, 3.63) is 0 Å². The molecule has 0 aromatic rings. The van der Waals surface area contributed by atoms with Crippen molar-refractivity contribution in [1.82, 2.24) is 10.6 Å². The highest BCUT2D eigenvalue weighted by molar-refractivity contribution is 5.76. The summed E-state index contributed by atoms with van der Waals surface area (Å²) in [4.78, 5) is 23.7. The highest BCUT2D eigenvalue weighted by Crippen LogP contribution is 2.25. The lowest BCUT2D eigenvalue weighted by Crippen LogP contribution is -2.43. The summed E-state index contributed by atoms with van der Waals surface area (Å²) in [6.45, 7) is 9.31. The Labute approximate surface area is 139 Å². The predicted molar refractivity (Wildman–Crippen MR) is 89.2 cm³/mol. The number of amides is 2. The van der Waals surface area contributed by atoms with Crippen LogP contribution in [0.3, 0.4) is 0 Å². The molecule has 1 aliphatic carbocycles. The summed E-state index contributed by atoms with van der Waals surface area (Å²) >= 11 is 0. The van der Waals surface area contributed by atoms with Crippen molar-refractivity contribution in [2.75, 3.05) is 19.8 Å². The maximum Gasteiger partial charge on any atom is 0.407 e. The van der Waals surface area contributed by atoms with Gasteiger partial charge in [-0.15, -0.1) is 0 Å². The number of ether oxygens (including phenoxy) is 2. The fraction of sp³-hybridized carbons (Fsp3) is 0.882. The van der Waals surface area contributed by atoms with Crippen LogP contribution in [0.5, 0.6) is 0 Å². The third-order valence-corrected chi connectivity index (χ3v) is 3.81. The summed E-state index contributed by atoms with van der Waals surface area (Å²) < 4.78 is 10.5. The molecule has 0 bridgehead atoms. The molecule has 134 valence electrons. The Morgan fingerprint density at radius 1 is 1.22 bits per heavy atom. The third kappa shape index (κ3) is 8.79. The first-order valence-corrected chi connectivity index (χ1v) is 8.65. The molecular weight excluding hydrogens is 296 g/mol. The molecule has 6 heteroatoms. The summed E-state index contributed by atoms with van der Waals surface area (Å²) in [5, 5.41) is 5.90. The van der Waals surface area contributed by atoms with Crippen LogP contribution in [-0.4, -0.2) is 43.4 Å². The topological polar surface area (TPSA) is 76.7 Å². The summed E-state index contributed by atoms with van der Waals surface area (Å²) in [5.41, 5.74) is -0.492. The summed E-state index contributed by atoms with van der Waals surface area (Å²) in [6.07, 6.45) is 3.89. The standard InChI is InChI=1S/C17H32N2O4/c1-5-22-11-7-10-15(20)19-14-9-6-8-13(14)12-18-16(21)23-17(2,3)4/h13-14H,5-12H2,1-4H3,(H,18,21)(H,19,20)/t13-,14+/m0/s1. The molecule has 1 saturated carbocycles. The third-order valence-electron chi connectivity index (χ3n) is 3.81. The normalized spacial score (nSPS) is 21.0. The zero-order valence-electron chi connectivity index (χ0n) is 14.9. The number of alkyl carbamates (subject to hydrolysis) is 1. The summed E-state index contributed by atoms with van der Waals surface area (Å²) in [7, 11) is 0. The first kappa shape index (κ1) is 19.7. The van der Waals surface area contributed by atoms with Crippen LogP contribution in [-0.2, 0) is 14.3 Å².